The molecule has 0 atom stereocenters. The van der Waals surface area contributed by atoms with Gasteiger partial charge in [0.1, 0.15) is 0 Å². The summed E-state index contributed by atoms with van der Waals surface area (Å²) in [6, 6.07) is 10.8. The van der Waals surface area contributed by atoms with E-state index in [1.54, 1.807) is 31.4 Å². The van der Waals surface area contributed by atoms with Gasteiger partial charge in [0.15, 0.2) is 0 Å². The summed E-state index contributed by atoms with van der Waals surface area (Å²) in [7, 11) is 1.60. The van der Waals surface area contributed by atoms with Crippen molar-refractivity contribution in [1.82, 2.24) is 10.3 Å². The lowest BCUT2D eigenvalue weighted by Gasteiger charge is -2.11. The third-order valence-corrected chi connectivity index (χ3v) is 2.70. The molecule has 0 bridgehead atoms. The number of nitrogens with zero attached hydrogens (tertiary/aromatic N) is 1. The van der Waals surface area contributed by atoms with Crippen molar-refractivity contribution in [1.29, 1.82) is 0 Å². The molecule has 0 aliphatic rings. The van der Waals surface area contributed by atoms with Crippen LogP contribution in [0.1, 0.15) is 16.1 Å². The highest BCUT2D eigenvalue weighted by molar-refractivity contribution is 6.00. The normalized spacial score (nSPS) is 9.95. The minimum atomic E-state index is -0.150. The van der Waals surface area contributed by atoms with Crippen LogP contribution >= 0.6 is 0 Å². The topological polar surface area (TPSA) is 80.0 Å². The van der Waals surface area contributed by atoms with Crippen molar-refractivity contribution in [3.8, 4) is 0 Å². The molecule has 4 N–H and O–H groups in total. The maximum atomic E-state index is 11.7. The fourth-order valence-corrected chi connectivity index (χ4v) is 1.73. The second-order valence-electron chi connectivity index (χ2n) is 4.06. The van der Waals surface area contributed by atoms with E-state index in [0.29, 0.717) is 23.5 Å². The largest absolute Gasteiger partial charge is 0.399 e. The van der Waals surface area contributed by atoms with E-state index in [2.05, 4.69) is 15.6 Å². The Labute approximate surface area is 111 Å². The maximum absolute atomic E-state index is 11.7. The van der Waals surface area contributed by atoms with Gasteiger partial charge in [-0.1, -0.05) is 6.07 Å². The zero-order chi connectivity index (χ0) is 13.7. The smallest absolute Gasteiger partial charge is 0.253 e. The van der Waals surface area contributed by atoms with E-state index in [4.69, 9.17) is 5.73 Å². The van der Waals surface area contributed by atoms with Crippen molar-refractivity contribution in [3.63, 3.8) is 0 Å². The van der Waals surface area contributed by atoms with Crippen molar-refractivity contribution >= 4 is 17.3 Å². The lowest BCUT2D eigenvalue weighted by atomic mass is 10.1. The SMILES string of the molecule is CNC(=O)c1ccc(N)cc1NCc1ccccn1. The Morgan fingerprint density at radius 3 is 2.84 bits per heavy atom. The number of carbonyl (C=O) groups is 1. The highest BCUT2D eigenvalue weighted by Crippen LogP contribution is 2.19. The first-order valence-electron chi connectivity index (χ1n) is 5.96. The number of anilines is 2. The number of amides is 1. The number of pyridine rings is 1. The van der Waals surface area contributed by atoms with Crippen LogP contribution in [0.25, 0.3) is 0 Å². The molecule has 0 aliphatic heterocycles. The molecule has 2 rings (SSSR count). The van der Waals surface area contributed by atoms with Crippen LogP contribution < -0.4 is 16.4 Å². The van der Waals surface area contributed by atoms with Crippen LogP contribution in [0, 0.1) is 0 Å². The van der Waals surface area contributed by atoms with Gasteiger partial charge < -0.3 is 16.4 Å². The van der Waals surface area contributed by atoms with Crippen LogP contribution in [0.2, 0.25) is 0 Å². The zero-order valence-electron chi connectivity index (χ0n) is 10.7. The minimum absolute atomic E-state index is 0.150. The van der Waals surface area contributed by atoms with E-state index in [1.165, 1.54) is 0 Å². The van der Waals surface area contributed by atoms with E-state index in [-0.39, 0.29) is 5.91 Å². The average molecular weight is 256 g/mol. The number of rotatable bonds is 4. The van der Waals surface area contributed by atoms with E-state index in [1.807, 2.05) is 18.2 Å². The molecule has 0 saturated heterocycles. The molecule has 98 valence electrons. The Kier molecular flexibility index (Phi) is 3.97. The van der Waals surface area contributed by atoms with E-state index >= 15 is 0 Å². The molecular weight excluding hydrogens is 240 g/mol. The van der Waals surface area contributed by atoms with Gasteiger partial charge in [0, 0.05) is 24.6 Å². The molecule has 0 fully saturated rings. The summed E-state index contributed by atoms with van der Waals surface area (Å²) < 4.78 is 0. The molecular formula is C14H16N4O. The quantitative estimate of drug-likeness (QED) is 0.726. The molecule has 5 nitrogen and oxygen atoms in total. The molecule has 0 unspecified atom stereocenters. The highest BCUT2D eigenvalue weighted by Gasteiger charge is 2.10. The lowest BCUT2D eigenvalue weighted by Crippen LogP contribution is -2.19. The second-order valence-corrected chi connectivity index (χ2v) is 4.06. The number of hydrogen-bond donors (Lipinski definition) is 3. The third kappa shape index (κ3) is 3.22. The fraction of sp³-hybridized carbons (Fsp3) is 0.143. The van der Waals surface area contributed by atoms with E-state index in [9.17, 15) is 4.79 Å². The summed E-state index contributed by atoms with van der Waals surface area (Å²) in [4.78, 5) is 16.0. The van der Waals surface area contributed by atoms with Crippen LogP contribution in [-0.2, 0) is 6.54 Å². The summed E-state index contributed by atoms with van der Waals surface area (Å²) in [5, 5.41) is 5.79. The highest BCUT2D eigenvalue weighted by atomic mass is 16.1. The first-order chi connectivity index (χ1) is 9.20. The average Bonchev–Trinajstić information content (AvgIpc) is 2.45. The van der Waals surface area contributed by atoms with Crippen LogP contribution in [0.5, 0.6) is 0 Å². The molecule has 19 heavy (non-hydrogen) atoms. The predicted octanol–water partition coefficient (Wildman–Crippen LogP) is 1.64. The van der Waals surface area contributed by atoms with Crippen LogP contribution in [0.3, 0.4) is 0 Å². The molecule has 0 aliphatic carbocycles. The van der Waals surface area contributed by atoms with Gasteiger partial charge in [-0.2, -0.15) is 0 Å². The van der Waals surface area contributed by atoms with Crippen molar-refractivity contribution < 1.29 is 4.79 Å². The fourth-order valence-electron chi connectivity index (χ4n) is 1.73. The predicted molar refractivity (Wildman–Crippen MR) is 75.8 cm³/mol. The van der Waals surface area contributed by atoms with Gasteiger partial charge in [-0.3, -0.25) is 9.78 Å². The van der Waals surface area contributed by atoms with E-state index in [0.717, 1.165) is 5.69 Å². The standard InChI is InChI=1S/C14H16N4O/c1-16-14(19)12-6-5-10(15)8-13(12)18-9-11-4-2-3-7-17-11/h2-8,18H,9,15H2,1H3,(H,16,19). The number of hydrogen-bond acceptors (Lipinski definition) is 4. The molecule has 0 spiro atoms. The van der Waals surface area contributed by atoms with Gasteiger partial charge in [0.25, 0.3) is 5.91 Å². The first-order valence-corrected chi connectivity index (χ1v) is 5.96. The summed E-state index contributed by atoms with van der Waals surface area (Å²) in [5.74, 6) is -0.150. The van der Waals surface area contributed by atoms with Gasteiger partial charge in [0.2, 0.25) is 0 Å². The van der Waals surface area contributed by atoms with Crippen molar-refractivity contribution in [3.05, 3.63) is 53.9 Å². The minimum Gasteiger partial charge on any atom is -0.399 e. The maximum Gasteiger partial charge on any atom is 0.253 e. The number of benzene rings is 1. The molecule has 0 saturated carbocycles. The third-order valence-electron chi connectivity index (χ3n) is 2.70. The van der Waals surface area contributed by atoms with Crippen molar-refractivity contribution in [2.75, 3.05) is 18.1 Å². The monoisotopic (exact) mass is 256 g/mol. The summed E-state index contributed by atoms with van der Waals surface area (Å²) in [5.41, 5.74) is 8.52. The number of aromatic nitrogens is 1. The molecule has 1 aromatic heterocycles. The van der Waals surface area contributed by atoms with Crippen LogP contribution in [0.4, 0.5) is 11.4 Å². The lowest BCUT2D eigenvalue weighted by molar-refractivity contribution is 0.0964. The number of nitrogens with one attached hydrogen (secondary N) is 2. The summed E-state index contributed by atoms with van der Waals surface area (Å²) in [6.07, 6.45) is 1.73. The summed E-state index contributed by atoms with van der Waals surface area (Å²) in [6.45, 7) is 0.536. The first kappa shape index (κ1) is 12.9. The Balaban J connectivity index is 2.19. The van der Waals surface area contributed by atoms with Gasteiger partial charge >= 0.3 is 0 Å². The molecule has 2 aromatic rings. The Morgan fingerprint density at radius 2 is 2.16 bits per heavy atom. The molecule has 1 aromatic carbocycles. The van der Waals surface area contributed by atoms with Crippen LogP contribution in [-0.4, -0.2) is 17.9 Å². The molecule has 5 heteroatoms. The Bertz CT molecular complexity index is 569. The van der Waals surface area contributed by atoms with Gasteiger partial charge in [-0.05, 0) is 30.3 Å². The van der Waals surface area contributed by atoms with Gasteiger partial charge in [-0.25, -0.2) is 0 Å². The Morgan fingerprint density at radius 1 is 1.32 bits per heavy atom. The van der Waals surface area contributed by atoms with Crippen LogP contribution in [0.15, 0.2) is 42.6 Å². The molecule has 1 amide bonds. The molecule has 1 heterocycles. The molecule has 0 radical (unpaired) electrons. The Hall–Kier alpha value is -2.56. The number of nitrogen functional groups attached to an aromatic ring is 1. The van der Waals surface area contributed by atoms with Gasteiger partial charge in [-0.15, -0.1) is 0 Å². The van der Waals surface area contributed by atoms with Gasteiger partial charge in [0.05, 0.1) is 17.8 Å². The number of nitrogens with two attached hydrogens (primary N) is 1. The van der Waals surface area contributed by atoms with Crippen molar-refractivity contribution in [2.24, 2.45) is 0 Å². The summed E-state index contributed by atoms with van der Waals surface area (Å²) >= 11 is 0. The zero-order valence-corrected chi connectivity index (χ0v) is 10.7. The number of carbonyl (C=O) groups excluding carboxylic acids is 1. The van der Waals surface area contributed by atoms with Crippen molar-refractivity contribution in [2.45, 2.75) is 6.54 Å². The second kappa shape index (κ2) is 5.86. The van der Waals surface area contributed by atoms with E-state index < -0.39 is 0 Å².